The molecule has 1 aliphatic heterocycles. The van der Waals surface area contributed by atoms with Crippen molar-refractivity contribution in [1.82, 2.24) is 14.8 Å². The number of nitrogens with two attached hydrogens (primary N) is 1. The Morgan fingerprint density at radius 3 is 3.00 bits per heavy atom. The highest BCUT2D eigenvalue weighted by atomic mass is 16.5. The van der Waals surface area contributed by atoms with Crippen LogP contribution in [0.5, 0.6) is 0 Å². The van der Waals surface area contributed by atoms with Gasteiger partial charge in [-0.15, -0.1) is 10.2 Å². The first-order chi connectivity index (χ1) is 7.15. The summed E-state index contributed by atoms with van der Waals surface area (Å²) >= 11 is 0. The summed E-state index contributed by atoms with van der Waals surface area (Å²) in [6, 6.07) is -0.530. The van der Waals surface area contributed by atoms with Crippen molar-refractivity contribution in [3.8, 4) is 0 Å². The van der Waals surface area contributed by atoms with E-state index in [-0.39, 0.29) is 18.1 Å². The van der Waals surface area contributed by atoms with Crippen molar-refractivity contribution in [3.05, 3.63) is 11.6 Å². The largest absolute Gasteiger partial charge is 0.467 e. The maximum Gasteiger partial charge on any atom is 0.328 e. The highest BCUT2D eigenvalue weighted by Gasteiger charge is 2.33. The summed E-state index contributed by atoms with van der Waals surface area (Å²) in [5.41, 5.74) is 5.76. The molecule has 1 aromatic heterocycles. The second kappa shape index (κ2) is 3.62. The van der Waals surface area contributed by atoms with Crippen LogP contribution in [0.25, 0.3) is 0 Å². The standard InChI is InChI=1S/C9H14N4O2/c1-5(10)8-12-11-7-4-3-6(13(7)8)9(14)15-2/h5-6H,3-4,10H2,1-2H3. The zero-order chi connectivity index (χ0) is 11.0. The molecule has 0 fully saturated rings. The Hall–Kier alpha value is -1.43. The van der Waals surface area contributed by atoms with Crippen LogP contribution in [0, 0.1) is 0 Å². The molecule has 15 heavy (non-hydrogen) atoms. The first-order valence-electron chi connectivity index (χ1n) is 4.92. The fourth-order valence-electron chi connectivity index (χ4n) is 1.91. The second-order valence-corrected chi connectivity index (χ2v) is 3.71. The Labute approximate surface area is 87.4 Å². The lowest BCUT2D eigenvalue weighted by molar-refractivity contribution is -0.144. The van der Waals surface area contributed by atoms with Crippen molar-refractivity contribution in [2.75, 3.05) is 7.11 Å². The van der Waals surface area contributed by atoms with Crippen molar-refractivity contribution in [1.29, 1.82) is 0 Å². The Morgan fingerprint density at radius 2 is 2.40 bits per heavy atom. The lowest BCUT2D eigenvalue weighted by Crippen LogP contribution is -2.22. The minimum absolute atomic E-state index is 0.225. The maximum absolute atomic E-state index is 11.5. The van der Waals surface area contributed by atoms with Gasteiger partial charge in [0, 0.05) is 6.42 Å². The van der Waals surface area contributed by atoms with Crippen LogP contribution in [0.1, 0.15) is 37.1 Å². The van der Waals surface area contributed by atoms with Crippen molar-refractivity contribution >= 4 is 5.97 Å². The first kappa shape index (κ1) is 10.1. The number of ether oxygens (including phenoxy) is 1. The Bertz CT molecular complexity index is 385. The number of methoxy groups -OCH3 is 1. The Morgan fingerprint density at radius 1 is 1.67 bits per heavy atom. The maximum atomic E-state index is 11.5. The lowest BCUT2D eigenvalue weighted by atomic mass is 10.2. The monoisotopic (exact) mass is 210 g/mol. The number of carbonyl (C=O) groups excluding carboxylic acids is 1. The summed E-state index contributed by atoms with van der Waals surface area (Å²) < 4.78 is 6.54. The highest BCUT2D eigenvalue weighted by Crippen LogP contribution is 2.28. The third kappa shape index (κ3) is 1.50. The van der Waals surface area contributed by atoms with Gasteiger partial charge in [-0.05, 0) is 13.3 Å². The van der Waals surface area contributed by atoms with Crippen LogP contribution in [-0.2, 0) is 16.0 Å². The zero-order valence-corrected chi connectivity index (χ0v) is 8.80. The first-order valence-corrected chi connectivity index (χ1v) is 4.92. The molecule has 1 aliphatic rings. The van der Waals surface area contributed by atoms with Gasteiger partial charge in [0.15, 0.2) is 5.82 Å². The van der Waals surface area contributed by atoms with Crippen LogP contribution in [0.3, 0.4) is 0 Å². The van der Waals surface area contributed by atoms with Crippen LogP contribution in [0.2, 0.25) is 0 Å². The fraction of sp³-hybridized carbons (Fsp3) is 0.667. The van der Waals surface area contributed by atoms with Crippen LogP contribution in [0.15, 0.2) is 0 Å². The Kier molecular flexibility index (Phi) is 2.44. The zero-order valence-electron chi connectivity index (χ0n) is 8.80. The number of aromatic nitrogens is 3. The molecule has 0 aliphatic carbocycles. The van der Waals surface area contributed by atoms with Gasteiger partial charge >= 0.3 is 5.97 Å². The molecular weight excluding hydrogens is 196 g/mol. The number of fused-ring (bicyclic) bond motifs is 1. The second-order valence-electron chi connectivity index (χ2n) is 3.71. The molecular formula is C9H14N4O2. The molecule has 0 spiro atoms. The molecule has 6 nitrogen and oxygen atoms in total. The van der Waals surface area contributed by atoms with Gasteiger partial charge in [-0.1, -0.05) is 0 Å². The predicted molar refractivity (Wildman–Crippen MR) is 52.0 cm³/mol. The van der Waals surface area contributed by atoms with Gasteiger partial charge in [0.05, 0.1) is 13.2 Å². The molecule has 0 radical (unpaired) electrons. The topological polar surface area (TPSA) is 83.0 Å². The minimum Gasteiger partial charge on any atom is -0.467 e. The molecule has 1 aromatic rings. The van der Waals surface area contributed by atoms with Gasteiger partial charge in [0.25, 0.3) is 0 Å². The van der Waals surface area contributed by atoms with E-state index < -0.39 is 0 Å². The molecule has 2 heterocycles. The van der Waals surface area contributed by atoms with E-state index in [1.54, 1.807) is 4.57 Å². The lowest BCUT2D eigenvalue weighted by Gasteiger charge is -2.14. The molecule has 0 saturated heterocycles. The molecule has 0 aromatic carbocycles. The summed E-state index contributed by atoms with van der Waals surface area (Å²) in [7, 11) is 1.39. The molecule has 2 atom stereocenters. The van der Waals surface area contributed by atoms with Crippen LogP contribution < -0.4 is 5.73 Å². The molecule has 82 valence electrons. The Balaban J connectivity index is 2.39. The van der Waals surface area contributed by atoms with Gasteiger partial charge < -0.3 is 10.5 Å². The summed E-state index contributed by atoms with van der Waals surface area (Å²) in [5, 5.41) is 7.99. The van der Waals surface area contributed by atoms with Crippen LogP contribution in [-0.4, -0.2) is 27.8 Å². The van der Waals surface area contributed by atoms with Gasteiger partial charge in [-0.25, -0.2) is 4.79 Å². The quantitative estimate of drug-likeness (QED) is 0.692. The number of rotatable bonds is 2. The average molecular weight is 210 g/mol. The van der Waals surface area contributed by atoms with Crippen LogP contribution in [0.4, 0.5) is 0 Å². The normalized spacial score (nSPS) is 21.1. The summed E-state index contributed by atoms with van der Waals surface area (Å²) in [5.74, 6) is 1.21. The number of hydrogen-bond acceptors (Lipinski definition) is 5. The van der Waals surface area contributed by atoms with E-state index in [2.05, 4.69) is 10.2 Å². The fourth-order valence-corrected chi connectivity index (χ4v) is 1.91. The van der Waals surface area contributed by atoms with Gasteiger partial charge in [-0.2, -0.15) is 0 Å². The summed E-state index contributed by atoms with van der Waals surface area (Å²) in [4.78, 5) is 11.5. The van der Waals surface area contributed by atoms with Gasteiger partial charge in [-0.3, -0.25) is 4.57 Å². The van der Waals surface area contributed by atoms with E-state index in [4.69, 9.17) is 10.5 Å². The number of hydrogen-bond donors (Lipinski definition) is 1. The third-order valence-corrected chi connectivity index (χ3v) is 2.63. The van der Waals surface area contributed by atoms with Gasteiger partial charge in [0.2, 0.25) is 0 Å². The van der Waals surface area contributed by atoms with Crippen molar-refractivity contribution in [2.24, 2.45) is 5.73 Å². The van der Waals surface area contributed by atoms with Crippen molar-refractivity contribution < 1.29 is 9.53 Å². The van der Waals surface area contributed by atoms with E-state index in [0.29, 0.717) is 5.82 Å². The highest BCUT2D eigenvalue weighted by molar-refractivity contribution is 5.74. The van der Waals surface area contributed by atoms with E-state index in [1.807, 2.05) is 6.92 Å². The molecule has 0 saturated carbocycles. The molecule has 2 rings (SSSR count). The van der Waals surface area contributed by atoms with E-state index in [1.165, 1.54) is 7.11 Å². The number of nitrogens with zero attached hydrogens (tertiary/aromatic N) is 3. The molecule has 0 bridgehead atoms. The molecule has 0 amide bonds. The number of carbonyl (C=O) groups is 1. The molecule has 2 unspecified atom stereocenters. The number of esters is 1. The summed E-state index contributed by atoms with van der Waals surface area (Å²) in [6.07, 6.45) is 1.47. The minimum atomic E-state index is -0.305. The summed E-state index contributed by atoms with van der Waals surface area (Å²) in [6.45, 7) is 1.82. The van der Waals surface area contributed by atoms with Crippen LogP contribution >= 0.6 is 0 Å². The molecule has 2 N–H and O–H groups in total. The third-order valence-electron chi connectivity index (χ3n) is 2.63. The van der Waals surface area contributed by atoms with E-state index in [0.717, 1.165) is 18.7 Å². The van der Waals surface area contributed by atoms with E-state index in [9.17, 15) is 4.79 Å². The van der Waals surface area contributed by atoms with Crippen molar-refractivity contribution in [2.45, 2.75) is 31.8 Å². The SMILES string of the molecule is COC(=O)C1CCc2nnc(C(C)N)n21. The smallest absolute Gasteiger partial charge is 0.328 e. The average Bonchev–Trinajstić information content (AvgIpc) is 2.75. The van der Waals surface area contributed by atoms with Crippen molar-refractivity contribution in [3.63, 3.8) is 0 Å². The van der Waals surface area contributed by atoms with Gasteiger partial charge in [0.1, 0.15) is 11.9 Å². The number of aryl methyl sites for hydroxylation is 1. The van der Waals surface area contributed by atoms with E-state index >= 15 is 0 Å². The predicted octanol–water partition coefficient (Wildman–Crippen LogP) is -0.0419. The molecule has 6 heteroatoms.